The molecule has 0 spiro atoms. The summed E-state index contributed by atoms with van der Waals surface area (Å²) in [5.74, 6) is -0.152. The Morgan fingerprint density at radius 3 is 2.74 bits per heavy atom. The van der Waals surface area contributed by atoms with E-state index < -0.39 is 10.0 Å². The molecule has 0 aromatic heterocycles. The van der Waals surface area contributed by atoms with Crippen LogP contribution in [0.25, 0.3) is 0 Å². The third-order valence-corrected chi connectivity index (χ3v) is 5.37. The van der Waals surface area contributed by atoms with Crippen LogP contribution >= 0.6 is 12.4 Å². The number of nitrogens with zero attached hydrogens (tertiary/aromatic N) is 1. The van der Waals surface area contributed by atoms with Gasteiger partial charge in [-0.25, -0.2) is 13.1 Å². The molecule has 1 fully saturated rings. The van der Waals surface area contributed by atoms with Gasteiger partial charge in [0.2, 0.25) is 10.0 Å². The first-order valence-electron chi connectivity index (χ1n) is 7.50. The summed E-state index contributed by atoms with van der Waals surface area (Å²) in [6, 6.07) is 4.63. The van der Waals surface area contributed by atoms with Crippen LogP contribution in [0.3, 0.4) is 0 Å². The minimum atomic E-state index is -3.57. The lowest BCUT2D eigenvalue weighted by Gasteiger charge is -2.31. The third-order valence-electron chi connectivity index (χ3n) is 3.83. The number of rotatable bonds is 4. The minimum absolute atomic E-state index is 0. The van der Waals surface area contributed by atoms with Crippen molar-refractivity contribution in [3.63, 3.8) is 0 Å². The van der Waals surface area contributed by atoms with Gasteiger partial charge >= 0.3 is 0 Å². The maximum Gasteiger partial charge on any atom is 0.254 e. The van der Waals surface area contributed by atoms with E-state index in [4.69, 9.17) is 5.73 Å². The van der Waals surface area contributed by atoms with Crippen LogP contribution in [-0.2, 0) is 10.0 Å². The lowest BCUT2D eigenvalue weighted by atomic mass is 10.0. The highest BCUT2D eigenvalue weighted by molar-refractivity contribution is 7.89. The Kier molecular flexibility index (Phi) is 7.01. The zero-order valence-corrected chi connectivity index (χ0v) is 15.0. The fraction of sp³-hybridized carbons (Fsp3) is 0.533. The van der Waals surface area contributed by atoms with Crippen LogP contribution in [0.1, 0.15) is 35.7 Å². The van der Waals surface area contributed by atoms with Crippen molar-refractivity contribution in [2.45, 2.75) is 37.6 Å². The monoisotopic (exact) mass is 361 g/mol. The normalized spacial score (nSPS) is 18.4. The molecule has 1 aromatic carbocycles. The lowest BCUT2D eigenvalue weighted by molar-refractivity contribution is 0.0708. The maximum atomic E-state index is 12.7. The number of piperidine rings is 1. The molecule has 1 aliphatic rings. The van der Waals surface area contributed by atoms with Gasteiger partial charge < -0.3 is 10.6 Å². The van der Waals surface area contributed by atoms with E-state index in [9.17, 15) is 13.2 Å². The van der Waals surface area contributed by atoms with Gasteiger partial charge in [0, 0.05) is 31.2 Å². The molecule has 0 aliphatic carbocycles. The van der Waals surface area contributed by atoms with E-state index in [0.717, 1.165) is 18.4 Å². The number of nitrogens with one attached hydrogen (secondary N) is 1. The van der Waals surface area contributed by atoms with Crippen molar-refractivity contribution in [1.29, 1.82) is 0 Å². The zero-order valence-electron chi connectivity index (χ0n) is 13.4. The number of halogens is 1. The van der Waals surface area contributed by atoms with Crippen molar-refractivity contribution in [2.75, 3.05) is 19.6 Å². The summed E-state index contributed by atoms with van der Waals surface area (Å²) in [6.07, 6.45) is 1.79. The van der Waals surface area contributed by atoms with Crippen LogP contribution < -0.4 is 10.5 Å². The smallest absolute Gasteiger partial charge is 0.254 e. The highest BCUT2D eigenvalue weighted by atomic mass is 35.5. The number of aryl methyl sites for hydroxylation is 1. The Morgan fingerprint density at radius 2 is 2.13 bits per heavy atom. The van der Waals surface area contributed by atoms with Crippen LogP contribution in [0, 0.1) is 6.92 Å². The van der Waals surface area contributed by atoms with Crippen molar-refractivity contribution >= 4 is 28.3 Å². The molecular formula is C15H24ClN3O3S. The number of amides is 1. The standard InChI is InChI=1S/C15H23N3O3S.ClH/c1-3-17-22(20,21)13-7-6-11(2)14(9-13)15(19)18-8-4-5-12(16)10-18;/h6-7,9,12,17H,3-5,8,10,16H2,1-2H3;1H. The van der Waals surface area contributed by atoms with E-state index in [1.807, 2.05) is 0 Å². The van der Waals surface area contributed by atoms with Crippen molar-refractivity contribution < 1.29 is 13.2 Å². The summed E-state index contributed by atoms with van der Waals surface area (Å²) in [6.45, 7) is 5.01. The van der Waals surface area contributed by atoms with Gasteiger partial charge in [0.1, 0.15) is 0 Å². The first-order chi connectivity index (χ1) is 10.3. The molecule has 8 heteroatoms. The molecule has 1 heterocycles. The average molecular weight is 362 g/mol. The summed E-state index contributed by atoms with van der Waals surface area (Å²) in [5.41, 5.74) is 7.11. The quantitative estimate of drug-likeness (QED) is 0.844. The van der Waals surface area contributed by atoms with Gasteiger partial charge in [-0.3, -0.25) is 4.79 Å². The van der Waals surface area contributed by atoms with E-state index in [0.29, 0.717) is 25.2 Å². The predicted octanol–water partition coefficient (Wildman–Crippen LogP) is 1.28. The Labute approximate surface area is 143 Å². The highest BCUT2D eigenvalue weighted by Crippen LogP contribution is 2.19. The van der Waals surface area contributed by atoms with Gasteiger partial charge in [-0.05, 0) is 37.5 Å². The van der Waals surface area contributed by atoms with Crippen molar-refractivity contribution in [3.8, 4) is 0 Å². The summed E-state index contributed by atoms with van der Waals surface area (Å²) in [4.78, 5) is 14.5. The SMILES string of the molecule is CCNS(=O)(=O)c1ccc(C)c(C(=O)N2CCCC(N)C2)c1.Cl. The Bertz CT molecular complexity index is 664. The molecular weight excluding hydrogens is 338 g/mol. The van der Waals surface area contributed by atoms with E-state index >= 15 is 0 Å². The molecule has 0 radical (unpaired) electrons. The van der Waals surface area contributed by atoms with Gasteiger partial charge in [0.05, 0.1) is 4.90 Å². The molecule has 130 valence electrons. The molecule has 1 atom stereocenters. The molecule has 2 rings (SSSR count). The molecule has 0 bridgehead atoms. The first kappa shape index (κ1) is 19.9. The molecule has 1 aliphatic heterocycles. The number of hydrogen-bond donors (Lipinski definition) is 2. The second kappa shape index (κ2) is 8.10. The van der Waals surface area contributed by atoms with Crippen LogP contribution in [0.2, 0.25) is 0 Å². The largest absolute Gasteiger partial charge is 0.337 e. The summed E-state index contributed by atoms with van der Waals surface area (Å²) >= 11 is 0. The number of benzene rings is 1. The molecule has 1 unspecified atom stereocenters. The minimum Gasteiger partial charge on any atom is -0.337 e. The molecule has 1 aromatic rings. The second-order valence-electron chi connectivity index (χ2n) is 5.63. The molecule has 6 nitrogen and oxygen atoms in total. The van der Waals surface area contributed by atoms with Crippen LogP contribution in [0.15, 0.2) is 23.1 Å². The van der Waals surface area contributed by atoms with E-state index in [1.165, 1.54) is 12.1 Å². The van der Waals surface area contributed by atoms with Gasteiger partial charge in [0.15, 0.2) is 0 Å². The van der Waals surface area contributed by atoms with Crippen LogP contribution in [0.4, 0.5) is 0 Å². The molecule has 3 N–H and O–H groups in total. The third kappa shape index (κ3) is 4.67. The van der Waals surface area contributed by atoms with E-state index in [1.54, 1.807) is 24.8 Å². The van der Waals surface area contributed by atoms with Gasteiger partial charge in [-0.15, -0.1) is 12.4 Å². The molecule has 0 saturated carbocycles. The fourth-order valence-corrected chi connectivity index (χ4v) is 3.70. The van der Waals surface area contributed by atoms with Gasteiger partial charge in [-0.1, -0.05) is 13.0 Å². The zero-order chi connectivity index (χ0) is 16.3. The average Bonchev–Trinajstić information content (AvgIpc) is 2.46. The lowest BCUT2D eigenvalue weighted by Crippen LogP contribution is -2.45. The van der Waals surface area contributed by atoms with Gasteiger partial charge in [-0.2, -0.15) is 0 Å². The molecule has 23 heavy (non-hydrogen) atoms. The number of hydrogen-bond acceptors (Lipinski definition) is 4. The summed E-state index contributed by atoms with van der Waals surface area (Å²) < 4.78 is 26.6. The van der Waals surface area contributed by atoms with E-state index in [-0.39, 0.29) is 29.3 Å². The maximum absolute atomic E-state index is 12.7. The molecule has 1 saturated heterocycles. The van der Waals surface area contributed by atoms with Gasteiger partial charge in [0.25, 0.3) is 5.91 Å². The number of sulfonamides is 1. The Hall–Kier alpha value is -1.15. The number of likely N-dealkylation sites (tertiary alicyclic amines) is 1. The number of nitrogens with two attached hydrogens (primary N) is 1. The predicted molar refractivity (Wildman–Crippen MR) is 92.4 cm³/mol. The first-order valence-corrected chi connectivity index (χ1v) is 8.98. The van der Waals surface area contributed by atoms with Crippen molar-refractivity contribution in [3.05, 3.63) is 29.3 Å². The number of carbonyl (C=O) groups excluding carboxylic acids is 1. The van der Waals surface area contributed by atoms with Crippen molar-refractivity contribution in [2.24, 2.45) is 5.73 Å². The highest BCUT2D eigenvalue weighted by Gasteiger charge is 2.24. The van der Waals surface area contributed by atoms with Crippen LogP contribution in [-0.4, -0.2) is 44.9 Å². The summed E-state index contributed by atoms with van der Waals surface area (Å²) in [5, 5.41) is 0. The fourth-order valence-electron chi connectivity index (χ4n) is 2.64. The topological polar surface area (TPSA) is 92.5 Å². The summed E-state index contributed by atoms with van der Waals surface area (Å²) in [7, 11) is -3.57. The second-order valence-corrected chi connectivity index (χ2v) is 7.40. The van der Waals surface area contributed by atoms with Crippen molar-refractivity contribution in [1.82, 2.24) is 9.62 Å². The van der Waals surface area contributed by atoms with E-state index in [2.05, 4.69) is 4.72 Å². The molecule has 1 amide bonds. The van der Waals surface area contributed by atoms with Crippen LogP contribution in [0.5, 0.6) is 0 Å². The Morgan fingerprint density at radius 1 is 1.43 bits per heavy atom. The number of carbonyl (C=O) groups is 1. The Balaban J connectivity index is 0.00000264.